The van der Waals surface area contributed by atoms with Crippen molar-refractivity contribution in [1.82, 2.24) is 9.97 Å². The molecule has 2 rings (SSSR count). The summed E-state index contributed by atoms with van der Waals surface area (Å²) in [5.74, 6) is 0.556. The minimum atomic E-state index is -0.392. The Morgan fingerprint density at radius 3 is 2.59 bits per heavy atom. The standard InChI is InChI=1S/C11H11N5O/c12-9-6-13-7-10(15-9)16-11(17)14-8-4-2-1-3-5-8/h1-7H,(H4,12,14,15,16,17). The molecule has 0 aliphatic carbocycles. The van der Waals surface area contributed by atoms with Crippen molar-refractivity contribution in [1.29, 1.82) is 0 Å². The molecule has 0 saturated carbocycles. The summed E-state index contributed by atoms with van der Waals surface area (Å²) >= 11 is 0. The number of hydrogen-bond donors (Lipinski definition) is 3. The van der Waals surface area contributed by atoms with E-state index in [1.807, 2.05) is 18.2 Å². The predicted molar refractivity (Wildman–Crippen MR) is 65.5 cm³/mol. The lowest BCUT2D eigenvalue weighted by atomic mass is 10.3. The zero-order chi connectivity index (χ0) is 12.1. The number of nitrogens with two attached hydrogens (primary N) is 1. The summed E-state index contributed by atoms with van der Waals surface area (Å²) in [7, 11) is 0. The topological polar surface area (TPSA) is 92.9 Å². The van der Waals surface area contributed by atoms with Crippen LogP contribution >= 0.6 is 0 Å². The third-order valence-corrected chi connectivity index (χ3v) is 1.93. The number of nitrogens with zero attached hydrogens (tertiary/aromatic N) is 2. The van der Waals surface area contributed by atoms with E-state index >= 15 is 0 Å². The van der Waals surface area contributed by atoms with Gasteiger partial charge >= 0.3 is 6.03 Å². The molecule has 0 atom stereocenters. The Labute approximate surface area is 97.9 Å². The summed E-state index contributed by atoms with van der Waals surface area (Å²) in [5.41, 5.74) is 6.14. The SMILES string of the molecule is Nc1cncc(NC(=O)Nc2ccccc2)n1. The van der Waals surface area contributed by atoms with E-state index in [1.54, 1.807) is 12.1 Å². The molecule has 17 heavy (non-hydrogen) atoms. The number of anilines is 3. The molecule has 4 N–H and O–H groups in total. The van der Waals surface area contributed by atoms with Gasteiger partial charge in [0.05, 0.1) is 12.4 Å². The minimum Gasteiger partial charge on any atom is -0.382 e. The molecule has 0 aliphatic heterocycles. The summed E-state index contributed by atoms with van der Waals surface area (Å²) in [5, 5.41) is 5.18. The highest BCUT2D eigenvalue weighted by atomic mass is 16.2. The van der Waals surface area contributed by atoms with Gasteiger partial charge in [0, 0.05) is 5.69 Å². The lowest BCUT2D eigenvalue weighted by Gasteiger charge is -2.06. The quantitative estimate of drug-likeness (QED) is 0.730. The van der Waals surface area contributed by atoms with Crippen molar-refractivity contribution in [2.24, 2.45) is 0 Å². The van der Waals surface area contributed by atoms with Crippen LogP contribution in [0.25, 0.3) is 0 Å². The predicted octanol–water partition coefficient (Wildman–Crippen LogP) is 1.70. The van der Waals surface area contributed by atoms with Gasteiger partial charge in [-0.2, -0.15) is 0 Å². The highest BCUT2D eigenvalue weighted by Crippen LogP contribution is 2.07. The van der Waals surface area contributed by atoms with Crippen LogP contribution in [0.15, 0.2) is 42.7 Å². The zero-order valence-electron chi connectivity index (χ0n) is 8.92. The second-order valence-electron chi connectivity index (χ2n) is 3.27. The normalized spacial score (nSPS) is 9.65. The third-order valence-electron chi connectivity index (χ3n) is 1.93. The summed E-state index contributed by atoms with van der Waals surface area (Å²) < 4.78 is 0. The number of nitrogens with one attached hydrogen (secondary N) is 2. The van der Waals surface area contributed by atoms with E-state index in [4.69, 9.17) is 5.73 Å². The first-order chi connectivity index (χ1) is 8.24. The van der Waals surface area contributed by atoms with E-state index in [1.165, 1.54) is 12.4 Å². The van der Waals surface area contributed by atoms with Crippen LogP contribution in [-0.4, -0.2) is 16.0 Å². The fourth-order valence-corrected chi connectivity index (χ4v) is 1.24. The lowest BCUT2D eigenvalue weighted by molar-refractivity contribution is 0.262. The maximum Gasteiger partial charge on any atom is 0.324 e. The van der Waals surface area contributed by atoms with Crippen LogP contribution in [0.2, 0.25) is 0 Å². The van der Waals surface area contributed by atoms with E-state index in [-0.39, 0.29) is 5.82 Å². The van der Waals surface area contributed by atoms with Gasteiger partial charge in [-0.25, -0.2) is 9.78 Å². The smallest absolute Gasteiger partial charge is 0.324 e. The first-order valence-corrected chi connectivity index (χ1v) is 4.94. The molecule has 0 aliphatic rings. The summed E-state index contributed by atoms with van der Waals surface area (Å²) in [6.45, 7) is 0. The summed E-state index contributed by atoms with van der Waals surface area (Å²) in [6, 6.07) is 8.70. The highest BCUT2D eigenvalue weighted by Gasteiger charge is 2.03. The molecular formula is C11H11N5O. The number of carbonyl (C=O) groups is 1. The molecule has 0 saturated heterocycles. The van der Waals surface area contributed by atoms with Gasteiger partial charge in [-0.3, -0.25) is 10.3 Å². The van der Waals surface area contributed by atoms with Crippen LogP contribution in [0.3, 0.4) is 0 Å². The molecule has 2 aromatic rings. The third kappa shape index (κ3) is 3.16. The van der Waals surface area contributed by atoms with Crippen molar-refractivity contribution in [3.05, 3.63) is 42.7 Å². The van der Waals surface area contributed by atoms with Gasteiger partial charge < -0.3 is 11.1 Å². The van der Waals surface area contributed by atoms with Crippen molar-refractivity contribution in [2.75, 3.05) is 16.4 Å². The molecule has 0 radical (unpaired) electrons. The molecular weight excluding hydrogens is 218 g/mol. The van der Waals surface area contributed by atoms with Gasteiger partial charge in [0.25, 0.3) is 0 Å². The second-order valence-corrected chi connectivity index (χ2v) is 3.27. The molecule has 6 nitrogen and oxygen atoms in total. The minimum absolute atomic E-state index is 0.252. The van der Waals surface area contributed by atoms with E-state index in [0.29, 0.717) is 11.5 Å². The number of nitrogen functional groups attached to an aromatic ring is 1. The van der Waals surface area contributed by atoms with Crippen molar-refractivity contribution in [3.8, 4) is 0 Å². The van der Waals surface area contributed by atoms with Crippen molar-refractivity contribution >= 4 is 23.4 Å². The number of carbonyl (C=O) groups excluding carboxylic acids is 1. The molecule has 0 unspecified atom stereocenters. The monoisotopic (exact) mass is 229 g/mol. The molecule has 0 fully saturated rings. The first-order valence-electron chi connectivity index (χ1n) is 4.94. The maximum absolute atomic E-state index is 11.6. The number of aromatic nitrogens is 2. The van der Waals surface area contributed by atoms with E-state index in [2.05, 4.69) is 20.6 Å². The molecule has 86 valence electrons. The Balaban J connectivity index is 1.98. The number of para-hydroxylation sites is 1. The average molecular weight is 229 g/mol. The molecule has 1 aromatic carbocycles. The Hall–Kier alpha value is -2.63. The Morgan fingerprint density at radius 1 is 1.12 bits per heavy atom. The Bertz CT molecular complexity index is 514. The number of hydrogen-bond acceptors (Lipinski definition) is 4. The second kappa shape index (κ2) is 4.93. The van der Waals surface area contributed by atoms with Crippen molar-refractivity contribution in [2.45, 2.75) is 0 Å². The fourth-order valence-electron chi connectivity index (χ4n) is 1.24. The highest BCUT2D eigenvalue weighted by molar-refractivity contribution is 5.99. The largest absolute Gasteiger partial charge is 0.382 e. The Kier molecular flexibility index (Phi) is 3.15. The van der Waals surface area contributed by atoms with E-state index in [0.717, 1.165) is 0 Å². The maximum atomic E-state index is 11.6. The number of amides is 2. The molecule has 2 amide bonds. The molecule has 0 spiro atoms. The van der Waals surface area contributed by atoms with Crippen molar-refractivity contribution in [3.63, 3.8) is 0 Å². The van der Waals surface area contributed by atoms with Crippen molar-refractivity contribution < 1.29 is 4.79 Å². The fraction of sp³-hybridized carbons (Fsp3) is 0. The molecule has 6 heteroatoms. The summed E-state index contributed by atoms with van der Waals surface area (Å²) in [6.07, 6.45) is 2.82. The van der Waals surface area contributed by atoms with E-state index in [9.17, 15) is 4.79 Å². The van der Waals surface area contributed by atoms with Gasteiger partial charge in [-0.1, -0.05) is 18.2 Å². The number of benzene rings is 1. The van der Waals surface area contributed by atoms with E-state index < -0.39 is 6.03 Å². The van der Waals surface area contributed by atoms with Crippen LogP contribution in [0.1, 0.15) is 0 Å². The zero-order valence-corrected chi connectivity index (χ0v) is 8.92. The van der Waals surface area contributed by atoms with Gasteiger partial charge in [-0.05, 0) is 12.1 Å². The lowest BCUT2D eigenvalue weighted by Crippen LogP contribution is -2.20. The Morgan fingerprint density at radius 2 is 1.88 bits per heavy atom. The van der Waals surface area contributed by atoms with Crippen LogP contribution in [0.4, 0.5) is 22.1 Å². The number of rotatable bonds is 2. The van der Waals surface area contributed by atoms with Crippen LogP contribution < -0.4 is 16.4 Å². The van der Waals surface area contributed by atoms with Crippen LogP contribution in [-0.2, 0) is 0 Å². The van der Waals surface area contributed by atoms with Gasteiger partial charge in [0.1, 0.15) is 5.82 Å². The average Bonchev–Trinajstić information content (AvgIpc) is 2.30. The van der Waals surface area contributed by atoms with Crippen LogP contribution in [0.5, 0.6) is 0 Å². The molecule has 1 aromatic heterocycles. The molecule has 0 bridgehead atoms. The van der Waals surface area contributed by atoms with Gasteiger partial charge in [0.15, 0.2) is 5.82 Å². The van der Waals surface area contributed by atoms with Crippen LogP contribution in [0, 0.1) is 0 Å². The molecule has 1 heterocycles. The van der Waals surface area contributed by atoms with Gasteiger partial charge in [0.2, 0.25) is 0 Å². The van der Waals surface area contributed by atoms with Gasteiger partial charge in [-0.15, -0.1) is 0 Å². The first kappa shape index (κ1) is 10.9. The number of urea groups is 1. The summed E-state index contributed by atoms with van der Waals surface area (Å²) in [4.78, 5) is 19.3.